The Balaban J connectivity index is 4.39. The maximum atomic E-state index is 11.6. The molecule has 98 valence electrons. The Hall–Kier alpha value is -1.36. The van der Waals surface area contributed by atoms with Crippen LogP contribution < -0.4 is 5.43 Å². The summed E-state index contributed by atoms with van der Waals surface area (Å²) in [5.41, 5.74) is 3.34. The maximum absolute atomic E-state index is 11.6. The molecule has 5 heteroatoms. The number of quaternary nitrogens is 1. The number of rotatable bonds is 8. The van der Waals surface area contributed by atoms with Crippen molar-refractivity contribution in [3.8, 4) is 0 Å². The topological polar surface area (TPSA) is 66.4 Å². The van der Waals surface area contributed by atoms with Gasteiger partial charge in [0.25, 0.3) is 5.91 Å². The minimum Gasteiger partial charge on any atom is -0.481 e. The van der Waals surface area contributed by atoms with Crippen LogP contribution in [0.3, 0.4) is 0 Å². The molecule has 5 nitrogen and oxygen atoms in total. The Bertz CT molecular complexity index is 302. The summed E-state index contributed by atoms with van der Waals surface area (Å²) < 4.78 is 0.357. The second kappa shape index (κ2) is 7.06. The van der Waals surface area contributed by atoms with Crippen molar-refractivity contribution in [3.63, 3.8) is 0 Å². The summed E-state index contributed by atoms with van der Waals surface area (Å²) in [5, 5.41) is 8.60. The molecule has 0 aliphatic rings. The molecule has 1 atom stereocenters. The van der Waals surface area contributed by atoms with E-state index >= 15 is 0 Å². The first-order valence-corrected chi connectivity index (χ1v) is 5.85. The number of aliphatic carboxylic acids is 1. The lowest BCUT2D eigenvalue weighted by Gasteiger charge is -2.33. The number of amides is 1. The fourth-order valence-electron chi connectivity index (χ4n) is 1.64. The molecule has 17 heavy (non-hydrogen) atoms. The first-order valence-electron chi connectivity index (χ1n) is 5.85. The molecule has 0 aromatic heterocycles. The third kappa shape index (κ3) is 6.73. The molecule has 0 aromatic carbocycles. The Labute approximate surface area is 103 Å². The van der Waals surface area contributed by atoms with Crippen LogP contribution in [-0.4, -0.2) is 41.7 Å². The molecule has 0 radical (unpaired) electrons. The minimum atomic E-state index is -0.806. The summed E-state index contributed by atoms with van der Waals surface area (Å²) >= 11 is 0. The van der Waals surface area contributed by atoms with E-state index in [1.807, 2.05) is 14.0 Å². The van der Waals surface area contributed by atoms with Gasteiger partial charge in [-0.05, 0) is 13.3 Å². The number of carbonyl (C=O) groups is 2. The standard InChI is InChI=1S/C12H22N2O3/c1-5-8-14(4,9-6-7-11(15)16)13-12(17)10(2)3/h2,5-9H2,1,3-4H3,(H-,13,15,16,17)/p+1. The van der Waals surface area contributed by atoms with Gasteiger partial charge in [-0.3, -0.25) is 9.59 Å². The molecule has 0 aliphatic carbocycles. The Morgan fingerprint density at radius 3 is 2.35 bits per heavy atom. The molecule has 0 bridgehead atoms. The first-order chi connectivity index (χ1) is 7.80. The number of nitrogens with zero attached hydrogens (tertiary/aromatic N) is 1. The van der Waals surface area contributed by atoms with Gasteiger partial charge in [0.1, 0.15) is 13.1 Å². The average Bonchev–Trinajstić information content (AvgIpc) is 2.16. The highest BCUT2D eigenvalue weighted by molar-refractivity contribution is 5.91. The van der Waals surface area contributed by atoms with E-state index in [0.717, 1.165) is 13.0 Å². The lowest BCUT2D eigenvalue weighted by atomic mass is 10.2. The molecule has 1 amide bonds. The quantitative estimate of drug-likeness (QED) is 0.384. The molecule has 0 rings (SSSR count). The van der Waals surface area contributed by atoms with Crippen molar-refractivity contribution in [2.45, 2.75) is 33.1 Å². The number of carboxylic acids is 1. The molecule has 0 heterocycles. The van der Waals surface area contributed by atoms with E-state index < -0.39 is 5.97 Å². The molecule has 0 saturated carbocycles. The van der Waals surface area contributed by atoms with Crippen LogP contribution >= 0.6 is 0 Å². The summed E-state index contributed by atoms with van der Waals surface area (Å²) in [6.07, 6.45) is 1.59. The first kappa shape index (κ1) is 15.6. The lowest BCUT2D eigenvalue weighted by Crippen LogP contribution is -2.58. The number of nitrogens with one attached hydrogen (secondary N) is 1. The fourth-order valence-corrected chi connectivity index (χ4v) is 1.64. The van der Waals surface area contributed by atoms with Gasteiger partial charge in [-0.1, -0.05) is 13.5 Å². The molecule has 0 spiro atoms. The van der Waals surface area contributed by atoms with Gasteiger partial charge in [0.2, 0.25) is 0 Å². The van der Waals surface area contributed by atoms with Gasteiger partial charge in [-0.15, -0.1) is 0 Å². The van der Waals surface area contributed by atoms with Crippen molar-refractivity contribution in [2.75, 3.05) is 20.1 Å². The van der Waals surface area contributed by atoms with Gasteiger partial charge in [0, 0.05) is 12.0 Å². The Morgan fingerprint density at radius 1 is 1.35 bits per heavy atom. The van der Waals surface area contributed by atoms with Crippen LogP contribution in [0.5, 0.6) is 0 Å². The predicted molar refractivity (Wildman–Crippen MR) is 66.0 cm³/mol. The Morgan fingerprint density at radius 2 is 1.94 bits per heavy atom. The van der Waals surface area contributed by atoms with E-state index in [9.17, 15) is 9.59 Å². The number of hydrogen-bond acceptors (Lipinski definition) is 2. The van der Waals surface area contributed by atoms with Crippen LogP contribution in [0.25, 0.3) is 0 Å². The normalized spacial score (nSPS) is 13.8. The molecular weight excluding hydrogens is 220 g/mol. The third-order valence-corrected chi connectivity index (χ3v) is 2.52. The highest BCUT2D eigenvalue weighted by Crippen LogP contribution is 2.05. The Kier molecular flexibility index (Phi) is 6.50. The van der Waals surface area contributed by atoms with Crippen LogP contribution in [0.2, 0.25) is 0 Å². The second-order valence-electron chi connectivity index (χ2n) is 4.56. The lowest BCUT2D eigenvalue weighted by molar-refractivity contribution is -0.943. The van der Waals surface area contributed by atoms with Gasteiger partial charge >= 0.3 is 5.97 Å². The van der Waals surface area contributed by atoms with E-state index in [1.54, 1.807) is 6.92 Å². The van der Waals surface area contributed by atoms with Gasteiger partial charge < -0.3 is 5.11 Å². The van der Waals surface area contributed by atoms with Crippen LogP contribution in [0.15, 0.2) is 12.2 Å². The number of carbonyl (C=O) groups excluding carboxylic acids is 1. The zero-order valence-corrected chi connectivity index (χ0v) is 11.0. The molecule has 0 fully saturated rings. The van der Waals surface area contributed by atoms with Crippen molar-refractivity contribution < 1.29 is 19.3 Å². The summed E-state index contributed by atoms with van der Waals surface area (Å²) in [6.45, 7) is 8.66. The van der Waals surface area contributed by atoms with Crippen LogP contribution in [0.4, 0.5) is 0 Å². The van der Waals surface area contributed by atoms with Crippen molar-refractivity contribution in [1.29, 1.82) is 0 Å². The van der Waals surface area contributed by atoms with E-state index in [2.05, 4.69) is 12.0 Å². The molecule has 0 saturated heterocycles. The summed E-state index contributed by atoms with van der Waals surface area (Å²) in [6, 6.07) is 0. The van der Waals surface area contributed by atoms with E-state index in [4.69, 9.17) is 5.11 Å². The smallest absolute Gasteiger partial charge is 0.303 e. The zero-order valence-electron chi connectivity index (χ0n) is 11.0. The van der Waals surface area contributed by atoms with Crippen LogP contribution in [-0.2, 0) is 9.59 Å². The largest absolute Gasteiger partial charge is 0.481 e. The minimum absolute atomic E-state index is 0.125. The maximum Gasteiger partial charge on any atom is 0.303 e. The van der Waals surface area contributed by atoms with Gasteiger partial charge in [-0.2, -0.15) is 5.43 Å². The summed E-state index contributed by atoms with van der Waals surface area (Å²) in [5.74, 6) is -0.990. The van der Waals surface area contributed by atoms with Gasteiger partial charge in [-0.25, -0.2) is 4.59 Å². The van der Waals surface area contributed by atoms with Gasteiger partial charge in [0.15, 0.2) is 0 Å². The molecule has 0 aromatic rings. The number of hydrogen-bond donors (Lipinski definition) is 2. The van der Waals surface area contributed by atoms with E-state index in [1.165, 1.54) is 0 Å². The second-order valence-corrected chi connectivity index (χ2v) is 4.56. The van der Waals surface area contributed by atoms with Crippen LogP contribution in [0.1, 0.15) is 33.1 Å². The third-order valence-electron chi connectivity index (χ3n) is 2.52. The summed E-state index contributed by atoms with van der Waals surface area (Å²) in [4.78, 5) is 22.1. The molecular formula is C12H23N2O3+. The monoisotopic (exact) mass is 243 g/mol. The molecule has 1 unspecified atom stereocenters. The highest BCUT2D eigenvalue weighted by Gasteiger charge is 2.24. The average molecular weight is 243 g/mol. The summed E-state index contributed by atoms with van der Waals surface area (Å²) in [7, 11) is 1.90. The SMILES string of the molecule is C=C(C)C(=O)N[N+](C)(CCC)CCCC(=O)O. The van der Waals surface area contributed by atoms with E-state index in [0.29, 0.717) is 23.1 Å². The van der Waals surface area contributed by atoms with Crippen molar-refractivity contribution >= 4 is 11.9 Å². The van der Waals surface area contributed by atoms with Crippen molar-refractivity contribution in [1.82, 2.24) is 5.43 Å². The molecule has 0 aliphatic heterocycles. The van der Waals surface area contributed by atoms with Crippen molar-refractivity contribution in [3.05, 3.63) is 12.2 Å². The predicted octanol–water partition coefficient (Wildman–Crippen LogP) is 1.32. The fraction of sp³-hybridized carbons (Fsp3) is 0.667. The molecule has 2 N–H and O–H groups in total. The van der Waals surface area contributed by atoms with E-state index in [-0.39, 0.29) is 12.3 Å². The number of carboxylic acid groups (broad SMARTS) is 1. The van der Waals surface area contributed by atoms with Crippen molar-refractivity contribution in [2.24, 2.45) is 0 Å². The zero-order chi connectivity index (χ0) is 13.5. The van der Waals surface area contributed by atoms with Gasteiger partial charge in [0.05, 0.1) is 13.5 Å². The highest BCUT2D eigenvalue weighted by atomic mass is 16.4. The van der Waals surface area contributed by atoms with Crippen LogP contribution in [0, 0.1) is 0 Å².